The highest BCUT2D eigenvalue weighted by Crippen LogP contribution is 2.29. The smallest absolute Gasteiger partial charge is 0.219 e. The van der Waals surface area contributed by atoms with E-state index in [1.807, 2.05) is 24.3 Å². The maximum absolute atomic E-state index is 6.05. The van der Waals surface area contributed by atoms with Crippen molar-refractivity contribution in [2.45, 2.75) is 38.1 Å². The van der Waals surface area contributed by atoms with E-state index in [9.17, 15) is 0 Å². The van der Waals surface area contributed by atoms with Crippen LogP contribution in [0.5, 0.6) is 11.6 Å². The van der Waals surface area contributed by atoms with Crippen molar-refractivity contribution in [3.8, 4) is 11.6 Å². The van der Waals surface area contributed by atoms with Crippen LogP contribution in [0, 0.1) is 0 Å². The minimum absolute atomic E-state index is 0.621. The van der Waals surface area contributed by atoms with Crippen molar-refractivity contribution in [1.82, 2.24) is 14.9 Å². The third-order valence-electron chi connectivity index (χ3n) is 5.76. The summed E-state index contributed by atoms with van der Waals surface area (Å²) in [5.41, 5.74) is 4.63. The second-order valence-corrected chi connectivity index (χ2v) is 7.34. The van der Waals surface area contributed by atoms with E-state index < -0.39 is 0 Å². The van der Waals surface area contributed by atoms with Crippen LogP contribution in [-0.2, 0) is 12.8 Å². The lowest BCUT2D eigenvalue weighted by Crippen LogP contribution is -2.41. The number of hydrogen-bond acceptors (Lipinski definition) is 4. The van der Waals surface area contributed by atoms with Gasteiger partial charge in [0.15, 0.2) is 0 Å². The lowest BCUT2D eigenvalue weighted by atomic mass is 9.91. The van der Waals surface area contributed by atoms with Gasteiger partial charge in [0, 0.05) is 31.4 Å². The third-order valence-corrected chi connectivity index (χ3v) is 5.76. The molecular weight excluding hydrogens is 322 g/mol. The van der Waals surface area contributed by atoms with E-state index in [1.165, 1.54) is 43.5 Å². The van der Waals surface area contributed by atoms with E-state index in [-0.39, 0.29) is 0 Å². The second-order valence-electron chi connectivity index (χ2n) is 7.34. The first-order chi connectivity index (χ1) is 12.8. The van der Waals surface area contributed by atoms with Gasteiger partial charge in [-0.25, -0.2) is 4.98 Å². The summed E-state index contributed by atoms with van der Waals surface area (Å²) in [6, 6.07) is 15.0. The number of fused-ring (bicyclic) bond motifs is 2. The van der Waals surface area contributed by atoms with Crippen molar-refractivity contribution >= 4 is 11.0 Å². The number of pyridine rings is 2. The molecular formula is C22H23N3O. The van der Waals surface area contributed by atoms with Crippen LogP contribution in [0.1, 0.15) is 30.4 Å². The molecule has 132 valence electrons. The Labute approximate surface area is 153 Å². The number of benzene rings is 1. The van der Waals surface area contributed by atoms with Gasteiger partial charge in [-0.1, -0.05) is 12.5 Å². The largest absolute Gasteiger partial charge is 0.439 e. The van der Waals surface area contributed by atoms with E-state index >= 15 is 0 Å². The van der Waals surface area contributed by atoms with Crippen molar-refractivity contribution in [3.05, 3.63) is 59.8 Å². The standard InChI is InChI=1S/C22H23N3O/c1-3-18(4-1)25-13-10-16-6-7-19(15-17(16)11-14-25)26-22-9-8-20-21(24-22)5-2-12-23-20/h2,5-9,12,15,18H,1,3-4,10-11,13-14H2. The average molecular weight is 345 g/mol. The second kappa shape index (κ2) is 6.69. The molecule has 1 fully saturated rings. The number of hydrogen-bond donors (Lipinski definition) is 0. The van der Waals surface area contributed by atoms with E-state index in [0.717, 1.165) is 35.7 Å². The molecule has 0 radical (unpaired) electrons. The highest BCUT2D eigenvalue weighted by atomic mass is 16.5. The Hall–Kier alpha value is -2.46. The molecule has 1 saturated carbocycles. The first kappa shape index (κ1) is 15.8. The zero-order chi connectivity index (χ0) is 17.3. The highest BCUT2D eigenvalue weighted by Gasteiger charge is 2.26. The van der Waals surface area contributed by atoms with Gasteiger partial charge in [-0.3, -0.25) is 9.88 Å². The van der Waals surface area contributed by atoms with E-state index in [0.29, 0.717) is 5.88 Å². The van der Waals surface area contributed by atoms with Gasteiger partial charge < -0.3 is 4.74 Å². The monoisotopic (exact) mass is 345 g/mol. The Bertz CT molecular complexity index is 936. The fourth-order valence-electron chi connectivity index (χ4n) is 4.02. The van der Waals surface area contributed by atoms with Crippen molar-refractivity contribution in [2.75, 3.05) is 13.1 Å². The molecule has 4 nitrogen and oxygen atoms in total. The first-order valence-electron chi connectivity index (χ1n) is 9.61. The fraction of sp³-hybridized carbons (Fsp3) is 0.364. The average Bonchev–Trinajstić information content (AvgIpc) is 2.83. The fourth-order valence-corrected chi connectivity index (χ4v) is 4.02. The Morgan fingerprint density at radius 1 is 0.923 bits per heavy atom. The van der Waals surface area contributed by atoms with Gasteiger partial charge in [-0.2, -0.15) is 0 Å². The maximum Gasteiger partial charge on any atom is 0.219 e. The summed E-state index contributed by atoms with van der Waals surface area (Å²) in [6.07, 6.45) is 8.20. The zero-order valence-electron chi connectivity index (χ0n) is 14.9. The summed E-state index contributed by atoms with van der Waals surface area (Å²) in [5, 5.41) is 0. The predicted molar refractivity (Wildman–Crippen MR) is 103 cm³/mol. The molecule has 5 rings (SSSR count). The molecule has 3 aromatic rings. The molecule has 26 heavy (non-hydrogen) atoms. The maximum atomic E-state index is 6.05. The van der Waals surface area contributed by atoms with E-state index in [2.05, 4.69) is 33.1 Å². The van der Waals surface area contributed by atoms with Crippen LogP contribution in [0.3, 0.4) is 0 Å². The highest BCUT2D eigenvalue weighted by molar-refractivity contribution is 5.74. The summed E-state index contributed by atoms with van der Waals surface area (Å²) < 4.78 is 6.05. The normalized spacial score (nSPS) is 18.2. The lowest BCUT2D eigenvalue weighted by molar-refractivity contribution is 0.133. The van der Waals surface area contributed by atoms with Crippen LogP contribution < -0.4 is 4.74 Å². The van der Waals surface area contributed by atoms with Crippen LogP contribution in [-0.4, -0.2) is 34.0 Å². The molecule has 1 aliphatic carbocycles. The predicted octanol–water partition coefficient (Wildman–Crippen LogP) is 4.38. The summed E-state index contributed by atoms with van der Waals surface area (Å²) in [6.45, 7) is 2.36. The lowest BCUT2D eigenvalue weighted by Gasteiger charge is -2.36. The Morgan fingerprint density at radius 2 is 1.81 bits per heavy atom. The SMILES string of the molecule is c1cnc2ccc(Oc3ccc4c(c3)CCN(C3CCC3)CC4)nc2c1. The summed E-state index contributed by atoms with van der Waals surface area (Å²) in [7, 11) is 0. The summed E-state index contributed by atoms with van der Waals surface area (Å²) >= 11 is 0. The van der Waals surface area contributed by atoms with Crippen molar-refractivity contribution in [2.24, 2.45) is 0 Å². The van der Waals surface area contributed by atoms with Crippen molar-refractivity contribution in [3.63, 3.8) is 0 Å². The molecule has 0 spiro atoms. The molecule has 1 aromatic carbocycles. The number of aromatic nitrogens is 2. The van der Waals surface area contributed by atoms with Gasteiger partial charge in [-0.15, -0.1) is 0 Å². The van der Waals surface area contributed by atoms with Gasteiger partial charge >= 0.3 is 0 Å². The molecule has 0 N–H and O–H groups in total. The molecule has 0 atom stereocenters. The minimum atomic E-state index is 0.621. The first-order valence-corrected chi connectivity index (χ1v) is 9.61. The van der Waals surface area contributed by atoms with Crippen LogP contribution in [0.15, 0.2) is 48.7 Å². The quantitative estimate of drug-likeness (QED) is 0.706. The molecule has 0 unspecified atom stereocenters. The molecule has 0 saturated heterocycles. The van der Waals surface area contributed by atoms with E-state index in [1.54, 1.807) is 6.20 Å². The van der Waals surface area contributed by atoms with Crippen LogP contribution in [0.25, 0.3) is 11.0 Å². The molecule has 0 amide bonds. The zero-order valence-corrected chi connectivity index (χ0v) is 14.9. The number of nitrogens with zero attached hydrogens (tertiary/aromatic N) is 3. The van der Waals surface area contributed by atoms with Gasteiger partial charge in [0.2, 0.25) is 5.88 Å². The summed E-state index contributed by atoms with van der Waals surface area (Å²) in [5.74, 6) is 1.49. The third kappa shape index (κ3) is 3.06. The van der Waals surface area contributed by atoms with Crippen LogP contribution >= 0.6 is 0 Å². The van der Waals surface area contributed by atoms with Crippen LogP contribution in [0.4, 0.5) is 0 Å². The minimum Gasteiger partial charge on any atom is -0.439 e. The Kier molecular flexibility index (Phi) is 4.06. The van der Waals surface area contributed by atoms with Gasteiger partial charge in [0.05, 0.1) is 11.0 Å². The van der Waals surface area contributed by atoms with Crippen molar-refractivity contribution < 1.29 is 4.74 Å². The molecule has 0 bridgehead atoms. The number of rotatable bonds is 3. The van der Waals surface area contributed by atoms with Crippen LogP contribution in [0.2, 0.25) is 0 Å². The molecule has 4 heteroatoms. The molecule has 1 aliphatic heterocycles. The van der Waals surface area contributed by atoms with Gasteiger partial charge in [0.25, 0.3) is 0 Å². The van der Waals surface area contributed by atoms with Crippen molar-refractivity contribution in [1.29, 1.82) is 0 Å². The number of ether oxygens (including phenoxy) is 1. The molecule has 3 heterocycles. The van der Waals surface area contributed by atoms with Gasteiger partial charge in [-0.05, 0) is 67.1 Å². The topological polar surface area (TPSA) is 38.2 Å². The van der Waals surface area contributed by atoms with Gasteiger partial charge in [0.1, 0.15) is 5.75 Å². The summed E-state index contributed by atoms with van der Waals surface area (Å²) in [4.78, 5) is 11.6. The molecule has 2 aromatic heterocycles. The Balaban J connectivity index is 1.35. The Morgan fingerprint density at radius 3 is 2.65 bits per heavy atom. The molecule has 2 aliphatic rings. The van der Waals surface area contributed by atoms with E-state index in [4.69, 9.17) is 4.74 Å².